The van der Waals surface area contributed by atoms with Crippen LogP contribution < -0.4 is 10.1 Å². The quantitative estimate of drug-likeness (QED) is 0.412. The van der Waals surface area contributed by atoms with Crippen LogP contribution in [0.2, 0.25) is 0 Å². The van der Waals surface area contributed by atoms with Crippen LogP contribution in [0.25, 0.3) is 10.9 Å². The van der Waals surface area contributed by atoms with Crippen molar-refractivity contribution in [2.45, 2.75) is 84.2 Å². The maximum atomic E-state index is 5.50. The number of nitrogens with zero attached hydrogens (tertiary/aromatic N) is 1. The molecule has 1 heterocycles. The zero-order valence-electron chi connectivity index (χ0n) is 18.6. The third-order valence-electron chi connectivity index (χ3n) is 7.53. The lowest BCUT2D eigenvalue weighted by molar-refractivity contribution is 0.318. The molecule has 1 N–H and O–H groups in total. The van der Waals surface area contributed by atoms with E-state index in [0.717, 1.165) is 36.6 Å². The highest BCUT2D eigenvalue weighted by atomic mass is 16.5. The van der Waals surface area contributed by atoms with Crippen LogP contribution in [0.5, 0.6) is 5.75 Å². The third-order valence-corrected chi connectivity index (χ3v) is 7.53. The van der Waals surface area contributed by atoms with Gasteiger partial charge in [-0.05, 0) is 67.7 Å². The summed E-state index contributed by atoms with van der Waals surface area (Å²) in [5.74, 6) is 3.93. The number of hydrogen-bond donors (Lipinski definition) is 1. The van der Waals surface area contributed by atoms with E-state index in [2.05, 4.69) is 41.2 Å². The molecular formula is C26H40N2O. The van der Waals surface area contributed by atoms with Crippen LogP contribution in [-0.2, 0) is 13.1 Å². The van der Waals surface area contributed by atoms with Gasteiger partial charge in [-0.2, -0.15) is 0 Å². The van der Waals surface area contributed by atoms with Gasteiger partial charge in [-0.15, -0.1) is 0 Å². The molecule has 1 aromatic carbocycles. The van der Waals surface area contributed by atoms with Crippen molar-refractivity contribution in [2.75, 3.05) is 13.7 Å². The van der Waals surface area contributed by atoms with E-state index >= 15 is 0 Å². The normalized spacial score (nSPS) is 23.3. The van der Waals surface area contributed by atoms with Crippen LogP contribution in [0, 0.1) is 17.8 Å². The van der Waals surface area contributed by atoms with E-state index in [9.17, 15) is 0 Å². The first-order valence-corrected chi connectivity index (χ1v) is 12.1. The van der Waals surface area contributed by atoms with Crippen LogP contribution in [0.15, 0.2) is 24.4 Å². The first-order valence-electron chi connectivity index (χ1n) is 12.1. The molecule has 3 heteroatoms. The summed E-state index contributed by atoms with van der Waals surface area (Å²) in [5, 5.41) is 5.19. The Morgan fingerprint density at radius 3 is 2.69 bits per heavy atom. The molecule has 3 nitrogen and oxygen atoms in total. The smallest absolute Gasteiger partial charge is 0.120 e. The molecule has 2 fully saturated rings. The van der Waals surface area contributed by atoms with Gasteiger partial charge in [0.1, 0.15) is 5.75 Å². The van der Waals surface area contributed by atoms with Crippen molar-refractivity contribution in [3.63, 3.8) is 0 Å². The minimum atomic E-state index is 0.922. The molecule has 0 spiro atoms. The number of aryl methyl sites for hydroxylation is 1. The molecule has 0 saturated heterocycles. The number of unbranched alkanes of at least 4 members (excludes halogenated alkanes) is 5. The fraction of sp³-hybridized carbons (Fsp3) is 0.692. The van der Waals surface area contributed by atoms with Gasteiger partial charge in [-0.1, -0.05) is 45.4 Å². The molecule has 2 saturated carbocycles. The lowest BCUT2D eigenvalue weighted by Gasteiger charge is -2.21. The SMILES string of the molecule is CCCCCCCCn1cc(CNCC2CC3CCC2C3)c2ccc(OC)cc21. The number of ether oxygens (including phenoxy) is 1. The molecule has 0 radical (unpaired) electrons. The molecule has 160 valence electrons. The van der Waals surface area contributed by atoms with Gasteiger partial charge in [-0.3, -0.25) is 0 Å². The Labute approximate surface area is 177 Å². The van der Waals surface area contributed by atoms with Gasteiger partial charge in [0.05, 0.1) is 12.6 Å². The van der Waals surface area contributed by atoms with E-state index in [0.29, 0.717) is 0 Å². The second-order valence-electron chi connectivity index (χ2n) is 9.56. The van der Waals surface area contributed by atoms with Crippen LogP contribution >= 0.6 is 0 Å². The number of benzene rings is 1. The molecule has 2 bridgehead atoms. The Morgan fingerprint density at radius 1 is 1.07 bits per heavy atom. The highest BCUT2D eigenvalue weighted by Crippen LogP contribution is 2.48. The van der Waals surface area contributed by atoms with Crippen LogP contribution in [0.3, 0.4) is 0 Å². The molecule has 4 rings (SSSR count). The van der Waals surface area contributed by atoms with E-state index in [1.165, 1.54) is 87.2 Å². The lowest BCUT2D eigenvalue weighted by Crippen LogP contribution is -2.26. The van der Waals surface area contributed by atoms with E-state index in [-0.39, 0.29) is 0 Å². The lowest BCUT2D eigenvalue weighted by atomic mass is 9.89. The molecular weight excluding hydrogens is 356 g/mol. The Hall–Kier alpha value is -1.48. The molecule has 0 aliphatic heterocycles. The molecule has 29 heavy (non-hydrogen) atoms. The van der Waals surface area contributed by atoms with Crippen molar-refractivity contribution in [1.29, 1.82) is 0 Å². The van der Waals surface area contributed by atoms with Gasteiger partial charge in [0.25, 0.3) is 0 Å². The maximum Gasteiger partial charge on any atom is 0.120 e. The molecule has 0 amide bonds. The third kappa shape index (κ3) is 4.99. The number of rotatable bonds is 12. The van der Waals surface area contributed by atoms with Gasteiger partial charge in [0, 0.05) is 30.7 Å². The second-order valence-corrected chi connectivity index (χ2v) is 9.56. The highest BCUT2D eigenvalue weighted by Gasteiger charge is 2.38. The standard InChI is InChI=1S/C26H40N2O/c1-3-4-5-6-7-8-13-28-19-23(25-12-11-24(29-2)16-26(25)28)18-27-17-22-15-20-9-10-21(22)14-20/h11-12,16,19-22,27H,3-10,13-15,17-18H2,1-2H3. The van der Waals surface area contributed by atoms with Crippen molar-refractivity contribution < 1.29 is 4.74 Å². The second kappa shape index (κ2) is 10.0. The van der Waals surface area contributed by atoms with E-state index in [1.807, 2.05) is 0 Å². The molecule has 3 unspecified atom stereocenters. The summed E-state index contributed by atoms with van der Waals surface area (Å²) in [6.07, 6.45) is 16.4. The zero-order valence-corrected chi connectivity index (χ0v) is 18.6. The topological polar surface area (TPSA) is 26.2 Å². The van der Waals surface area contributed by atoms with Gasteiger partial charge in [-0.25, -0.2) is 0 Å². The summed E-state index contributed by atoms with van der Waals surface area (Å²) in [6, 6.07) is 6.57. The number of nitrogens with one attached hydrogen (secondary N) is 1. The monoisotopic (exact) mass is 396 g/mol. The van der Waals surface area contributed by atoms with Crippen molar-refractivity contribution in [1.82, 2.24) is 9.88 Å². The van der Waals surface area contributed by atoms with Crippen LogP contribution in [0.4, 0.5) is 0 Å². The molecule has 2 aliphatic carbocycles. The summed E-state index contributed by atoms with van der Waals surface area (Å²) in [7, 11) is 1.76. The summed E-state index contributed by atoms with van der Waals surface area (Å²) < 4.78 is 7.97. The fourth-order valence-electron chi connectivity index (χ4n) is 5.88. The van der Waals surface area contributed by atoms with Crippen molar-refractivity contribution in [2.24, 2.45) is 17.8 Å². The molecule has 2 aromatic rings. The highest BCUT2D eigenvalue weighted by molar-refractivity contribution is 5.85. The van der Waals surface area contributed by atoms with Crippen LogP contribution in [-0.4, -0.2) is 18.2 Å². The van der Waals surface area contributed by atoms with Crippen molar-refractivity contribution in [3.05, 3.63) is 30.0 Å². The molecule has 2 aliphatic rings. The number of hydrogen-bond acceptors (Lipinski definition) is 2. The first-order chi connectivity index (χ1) is 14.3. The van der Waals surface area contributed by atoms with Gasteiger partial charge in [0.15, 0.2) is 0 Å². The average molecular weight is 397 g/mol. The minimum absolute atomic E-state index is 0.922. The maximum absolute atomic E-state index is 5.50. The zero-order chi connectivity index (χ0) is 20.1. The summed E-state index contributed by atoms with van der Waals surface area (Å²) in [5.41, 5.74) is 2.77. The van der Waals surface area contributed by atoms with E-state index in [1.54, 1.807) is 7.11 Å². The van der Waals surface area contributed by atoms with Gasteiger partial charge in [0.2, 0.25) is 0 Å². The number of fused-ring (bicyclic) bond motifs is 3. The Kier molecular flexibility index (Phi) is 7.18. The van der Waals surface area contributed by atoms with Crippen molar-refractivity contribution in [3.8, 4) is 5.75 Å². The number of aromatic nitrogens is 1. The molecule has 1 aromatic heterocycles. The van der Waals surface area contributed by atoms with Gasteiger partial charge < -0.3 is 14.6 Å². The van der Waals surface area contributed by atoms with E-state index in [4.69, 9.17) is 4.74 Å². The summed E-state index contributed by atoms with van der Waals surface area (Å²) in [4.78, 5) is 0. The predicted molar refractivity (Wildman–Crippen MR) is 123 cm³/mol. The Morgan fingerprint density at radius 2 is 1.93 bits per heavy atom. The van der Waals surface area contributed by atoms with Crippen LogP contribution in [0.1, 0.15) is 76.7 Å². The largest absolute Gasteiger partial charge is 0.497 e. The Bertz CT molecular complexity index is 780. The fourth-order valence-corrected chi connectivity index (χ4v) is 5.88. The number of methoxy groups -OCH3 is 1. The Balaban J connectivity index is 1.37. The minimum Gasteiger partial charge on any atom is -0.497 e. The molecule has 3 atom stereocenters. The van der Waals surface area contributed by atoms with E-state index < -0.39 is 0 Å². The average Bonchev–Trinajstić information content (AvgIpc) is 3.45. The summed E-state index contributed by atoms with van der Waals surface area (Å²) >= 11 is 0. The first kappa shape index (κ1) is 20.8. The summed E-state index contributed by atoms with van der Waals surface area (Å²) in [6.45, 7) is 5.58. The van der Waals surface area contributed by atoms with Gasteiger partial charge >= 0.3 is 0 Å². The predicted octanol–water partition coefficient (Wildman–Crippen LogP) is 6.54. The van der Waals surface area contributed by atoms with Crippen molar-refractivity contribution >= 4 is 10.9 Å².